The summed E-state index contributed by atoms with van der Waals surface area (Å²) >= 11 is 0. The fourth-order valence-electron chi connectivity index (χ4n) is 4.98. The van der Waals surface area contributed by atoms with E-state index in [1.165, 1.54) is 10.5 Å². The summed E-state index contributed by atoms with van der Waals surface area (Å²) in [6.45, 7) is 4.42. The summed E-state index contributed by atoms with van der Waals surface area (Å²) in [4.78, 5) is 27.6. The maximum atomic E-state index is 13.1. The summed E-state index contributed by atoms with van der Waals surface area (Å²) in [5.74, 6) is -3.34. The zero-order valence-electron chi connectivity index (χ0n) is 20.4. The van der Waals surface area contributed by atoms with Gasteiger partial charge in [0.2, 0.25) is 6.41 Å². The van der Waals surface area contributed by atoms with Crippen molar-refractivity contribution < 1.29 is 27.9 Å². The van der Waals surface area contributed by atoms with Crippen LogP contribution in [0.1, 0.15) is 42.4 Å². The van der Waals surface area contributed by atoms with Crippen LogP contribution in [0.4, 0.5) is 23.7 Å². The predicted molar refractivity (Wildman–Crippen MR) is 129 cm³/mol. The number of benzene rings is 2. The van der Waals surface area contributed by atoms with Gasteiger partial charge in [-0.1, -0.05) is 12.1 Å². The molecule has 0 spiro atoms. The van der Waals surface area contributed by atoms with Crippen molar-refractivity contribution in [3.63, 3.8) is 0 Å². The number of anilines is 1. The van der Waals surface area contributed by atoms with Crippen LogP contribution in [0, 0.1) is 17.5 Å². The smallest absolute Gasteiger partial charge is 0.320 e. The number of urea groups is 1. The Labute approximate surface area is 208 Å². The number of piperidine rings is 1. The fourth-order valence-corrected chi connectivity index (χ4v) is 4.98. The minimum Gasteiger partial charge on any atom is -0.388 e. The van der Waals surface area contributed by atoms with E-state index >= 15 is 0 Å². The molecule has 10 heteroatoms. The van der Waals surface area contributed by atoms with Crippen molar-refractivity contribution in [2.75, 3.05) is 38.5 Å². The van der Waals surface area contributed by atoms with E-state index in [1.807, 2.05) is 11.9 Å². The van der Waals surface area contributed by atoms with Crippen molar-refractivity contribution in [2.24, 2.45) is 0 Å². The van der Waals surface area contributed by atoms with Crippen LogP contribution in [0.3, 0.4) is 0 Å². The van der Waals surface area contributed by atoms with E-state index in [0.717, 1.165) is 37.7 Å². The third-order valence-corrected chi connectivity index (χ3v) is 7.01. The lowest BCUT2D eigenvalue weighted by atomic mass is 9.89. The number of nitrogens with zero attached hydrogens (tertiary/aromatic N) is 3. The molecule has 0 saturated carbocycles. The molecule has 7 nitrogen and oxygen atoms in total. The van der Waals surface area contributed by atoms with E-state index in [-0.39, 0.29) is 24.7 Å². The molecule has 0 atom stereocenters. The molecule has 0 radical (unpaired) electrons. The Morgan fingerprint density at radius 3 is 2.25 bits per heavy atom. The van der Waals surface area contributed by atoms with E-state index in [4.69, 9.17) is 0 Å². The zero-order valence-corrected chi connectivity index (χ0v) is 20.4. The lowest BCUT2D eigenvalue weighted by Gasteiger charge is -2.47. The Balaban J connectivity index is 0.000000187. The van der Waals surface area contributed by atoms with Crippen molar-refractivity contribution in [3.8, 4) is 0 Å². The van der Waals surface area contributed by atoms with Gasteiger partial charge < -0.3 is 25.1 Å². The molecule has 3 aliphatic rings. The Morgan fingerprint density at radius 1 is 1.06 bits per heavy atom. The van der Waals surface area contributed by atoms with E-state index in [0.29, 0.717) is 31.0 Å². The Bertz CT molecular complexity index is 1110. The molecule has 5 rings (SSSR count). The first kappa shape index (κ1) is 25.8. The molecule has 2 saturated heterocycles. The molecular weight excluding hydrogens is 473 g/mol. The Kier molecular flexibility index (Phi) is 7.44. The lowest BCUT2D eigenvalue weighted by Crippen LogP contribution is -2.64. The topological polar surface area (TPSA) is 76.1 Å². The fraction of sp³-hybridized carbons (Fsp3) is 0.462. The van der Waals surface area contributed by atoms with Crippen LogP contribution < -0.4 is 5.32 Å². The van der Waals surface area contributed by atoms with Crippen LogP contribution in [0.2, 0.25) is 0 Å². The molecule has 2 N–H and O–H groups in total. The minimum absolute atomic E-state index is 0.00185. The molecule has 3 heterocycles. The summed E-state index contributed by atoms with van der Waals surface area (Å²) in [6.07, 6.45) is 2.54. The van der Waals surface area contributed by atoms with Gasteiger partial charge in [-0.3, -0.25) is 4.79 Å². The second kappa shape index (κ2) is 10.4. The van der Waals surface area contributed by atoms with Crippen LogP contribution in [0.15, 0.2) is 30.3 Å². The van der Waals surface area contributed by atoms with E-state index in [1.54, 1.807) is 11.8 Å². The normalized spacial score (nSPS) is 18.7. The third kappa shape index (κ3) is 5.43. The largest absolute Gasteiger partial charge is 0.388 e. The first-order valence-electron chi connectivity index (χ1n) is 12.0. The molecule has 2 fully saturated rings. The Hall–Kier alpha value is -3.27. The summed E-state index contributed by atoms with van der Waals surface area (Å²) in [5.41, 5.74) is 2.19. The number of halogens is 3. The van der Waals surface area contributed by atoms with E-state index < -0.39 is 23.1 Å². The maximum absolute atomic E-state index is 13.1. The van der Waals surface area contributed by atoms with E-state index in [2.05, 4.69) is 29.6 Å². The molecule has 194 valence electrons. The highest BCUT2D eigenvalue weighted by Gasteiger charge is 2.41. The van der Waals surface area contributed by atoms with Crippen LogP contribution in [0.5, 0.6) is 0 Å². The molecule has 2 aromatic carbocycles. The first-order chi connectivity index (χ1) is 17.1. The summed E-state index contributed by atoms with van der Waals surface area (Å²) in [7, 11) is 1.92. The molecule has 3 amide bonds. The number of hydrogen-bond acceptors (Lipinski definition) is 4. The third-order valence-electron chi connectivity index (χ3n) is 7.01. The van der Waals surface area contributed by atoms with Gasteiger partial charge in [-0.15, -0.1) is 0 Å². The van der Waals surface area contributed by atoms with Gasteiger partial charge in [-0.2, -0.15) is 0 Å². The quantitative estimate of drug-likeness (QED) is 0.494. The Morgan fingerprint density at radius 2 is 1.69 bits per heavy atom. The van der Waals surface area contributed by atoms with Crippen LogP contribution in [0.25, 0.3) is 0 Å². The highest BCUT2D eigenvalue weighted by Crippen LogP contribution is 2.31. The van der Waals surface area contributed by atoms with Gasteiger partial charge in [0.25, 0.3) is 0 Å². The van der Waals surface area contributed by atoms with Gasteiger partial charge >= 0.3 is 6.03 Å². The number of rotatable bonds is 3. The zero-order chi connectivity index (χ0) is 26.0. The number of nitrogens with one attached hydrogen (secondary N) is 1. The van der Waals surface area contributed by atoms with Gasteiger partial charge in [0, 0.05) is 44.5 Å². The molecule has 0 aromatic heterocycles. The number of β-amino-alcohol motifs (C(OH)–C–C–N with tert-alkyl or cyclic N) is 1. The van der Waals surface area contributed by atoms with E-state index in [9.17, 15) is 27.9 Å². The number of hydrogen-bond donors (Lipinski definition) is 2. The first-order valence-corrected chi connectivity index (χ1v) is 12.0. The second-order valence-electron chi connectivity index (χ2n) is 9.90. The monoisotopic (exact) mass is 504 g/mol. The number of fused-ring (bicyclic) bond motifs is 1. The molecular formula is C26H31F3N4O3. The summed E-state index contributed by atoms with van der Waals surface area (Å²) < 4.78 is 38.6. The van der Waals surface area contributed by atoms with Gasteiger partial charge in [0.15, 0.2) is 17.5 Å². The number of aliphatic hydroxyl groups is 1. The van der Waals surface area contributed by atoms with Gasteiger partial charge in [0.1, 0.15) is 0 Å². The molecule has 0 unspecified atom stereocenters. The van der Waals surface area contributed by atoms with Crippen molar-refractivity contribution in [2.45, 2.75) is 44.4 Å². The maximum Gasteiger partial charge on any atom is 0.320 e. The summed E-state index contributed by atoms with van der Waals surface area (Å²) in [5, 5.41) is 12.9. The van der Waals surface area contributed by atoms with Gasteiger partial charge in [0.05, 0.1) is 18.7 Å². The molecule has 36 heavy (non-hydrogen) atoms. The summed E-state index contributed by atoms with van der Waals surface area (Å²) in [6, 6.07) is 9.58. The number of likely N-dealkylation sites (tertiary alicyclic amines) is 2. The lowest BCUT2D eigenvalue weighted by molar-refractivity contribution is -0.118. The number of amides is 3. The van der Waals surface area contributed by atoms with Crippen LogP contribution in [-0.2, 0) is 17.9 Å². The van der Waals surface area contributed by atoms with Crippen LogP contribution in [-0.4, -0.2) is 71.1 Å². The average Bonchev–Trinajstić information content (AvgIpc) is 3.29. The van der Waals surface area contributed by atoms with Gasteiger partial charge in [-0.25, -0.2) is 18.0 Å². The average molecular weight is 505 g/mol. The van der Waals surface area contributed by atoms with Gasteiger partial charge in [-0.05, 0) is 55.0 Å². The molecule has 2 aromatic rings. The molecule has 0 aliphatic carbocycles. The second-order valence-corrected chi connectivity index (χ2v) is 9.90. The van der Waals surface area contributed by atoms with Crippen LogP contribution >= 0.6 is 0 Å². The van der Waals surface area contributed by atoms with Crippen molar-refractivity contribution >= 4 is 18.1 Å². The number of carbonyl (C=O) groups excluding carboxylic acids is 2. The molecule has 0 bridgehead atoms. The minimum atomic E-state index is -1.48. The highest BCUT2D eigenvalue weighted by atomic mass is 19.2. The standard InChI is InChI=1S/C17H25N3O2.C9H6F3NO/c1-17(22)11-20(12-17)16(21)19-9-7-14(8-10-19)13-3-5-15(18-2)6-4-13;10-7-1-5-2-13(4-14)3-6(5)8(11)9(7)12/h3-6,14,18,22H,7-12H2,1-2H3;1,4H,2-3H2. The number of carbonyl (C=O) groups is 2. The predicted octanol–water partition coefficient (Wildman–Crippen LogP) is 3.67. The SMILES string of the molecule is CNc1ccc(C2CCN(C(=O)N3CC(C)(O)C3)CC2)cc1.O=CN1Cc2cc(F)c(F)c(F)c2C1. The van der Waals surface area contributed by atoms with Crippen molar-refractivity contribution in [1.82, 2.24) is 14.7 Å². The highest BCUT2D eigenvalue weighted by molar-refractivity contribution is 5.75. The van der Waals surface area contributed by atoms with Crippen molar-refractivity contribution in [3.05, 3.63) is 64.5 Å². The molecule has 3 aliphatic heterocycles. The van der Waals surface area contributed by atoms with Crippen molar-refractivity contribution in [1.29, 1.82) is 0 Å².